The van der Waals surface area contributed by atoms with Crippen LogP contribution in [0.5, 0.6) is 0 Å². The molecule has 0 aliphatic rings. The molecule has 0 saturated heterocycles. The van der Waals surface area contributed by atoms with Gasteiger partial charge in [0.25, 0.3) is 0 Å². The van der Waals surface area contributed by atoms with Crippen molar-refractivity contribution in [3.63, 3.8) is 0 Å². The van der Waals surface area contributed by atoms with Gasteiger partial charge in [0.1, 0.15) is 0 Å². The third-order valence-electron chi connectivity index (χ3n) is 1.48. The number of aryl methyl sites for hydroxylation is 1. The van der Waals surface area contributed by atoms with Crippen molar-refractivity contribution < 1.29 is 0 Å². The molecular weight excluding hydrogens is 194 g/mol. The maximum absolute atomic E-state index is 5.70. The van der Waals surface area contributed by atoms with Crippen LogP contribution in [0.25, 0.3) is 11.3 Å². The van der Waals surface area contributed by atoms with Crippen LogP contribution in [0.15, 0.2) is 17.8 Å². The largest absolute Gasteiger partial charge is 0.275 e. The Labute approximate surface area is 78.6 Å². The summed E-state index contributed by atoms with van der Waals surface area (Å²) in [6, 6.07) is 0. The quantitative estimate of drug-likeness (QED) is 0.705. The van der Waals surface area contributed by atoms with E-state index in [1.165, 1.54) is 11.3 Å². The van der Waals surface area contributed by atoms with Gasteiger partial charge in [0, 0.05) is 24.2 Å². The monoisotopic (exact) mass is 199 g/mol. The Hall–Kier alpha value is -0.870. The molecule has 0 bridgehead atoms. The first-order chi connectivity index (χ1) is 5.75. The Kier molecular flexibility index (Phi) is 1.86. The van der Waals surface area contributed by atoms with Crippen LogP contribution in [-0.4, -0.2) is 14.8 Å². The molecule has 0 aromatic carbocycles. The molecule has 0 spiro atoms. The van der Waals surface area contributed by atoms with Crippen molar-refractivity contribution in [3.05, 3.63) is 22.2 Å². The molecule has 0 amide bonds. The van der Waals surface area contributed by atoms with Crippen LogP contribution in [0.3, 0.4) is 0 Å². The highest BCUT2D eigenvalue weighted by Crippen LogP contribution is 2.23. The lowest BCUT2D eigenvalue weighted by Gasteiger charge is -1.85. The Bertz CT molecular complexity index is 355. The van der Waals surface area contributed by atoms with Gasteiger partial charge in [0.15, 0.2) is 4.47 Å². The number of aromatic nitrogens is 3. The zero-order chi connectivity index (χ0) is 8.55. The van der Waals surface area contributed by atoms with Crippen LogP contribution in [0.2, 0.25) is 4.47 Å². The molecule has 0 N–H and O–H groups in total. The molecule has 5 heteroatoms. The Balaban J connectivity index is 2.43. The van der Waals surface area contributed by atoms with Crippen molar-refractivity contribution in [1.29, 1.82) is 0 Å². The second kappa shape index (κ2) is 2.88. The van der Waals surface area contributed by atoms with Crippen molar-refractivity contribution >= 4 is 22.9 Å². The molecule has 0 fully saturated rings. The first kappa shape index (κ1) is 7.76. The fourth-order valence-corrected chi connectivity index (χ4v) is 1.71. The van der Waals surface area contributed by atoms with Gasteiger partial charge in [-0.3, -0.25) is 4.68 Å². The SMILES string of the molecule is Cn1cc(-c2csc(Cl)n2)cn1. The molecule has 2 aromatic heterocycles. The average molecular weight is 200 g/mol. The maximum atomic E-state index is 5.70. The summed E-state index contributed by atoms with van der Waals surface area (Å²) in [6.07, 6.45) is 3.68. The first-order valence-electron chi connectivity index (χ1n) is 3.36. The summed E-state index contributed by atoms with van der Waals surface area (Å²) in [5.74, 6) is 0. The van der Waals surface area contributed by atoms with Crippen LogP contribution in [0.1, 0.15) is 0 Å². The molecule has 3 nitrogen and oxygen atoms in total. The first-order valence-corrected chi connectivity index (χ1v) is 4.61. The van der Waals surface area contributed by atoms with E-state index in [-0.39, 0.29) is 0 Å². The normalized spacial score (nSPS) is 10.5. The highest BCUT2D eigenvalue weighted by molar-refractivity contribution is 7.14. The molecule has 0 unspecified atom stereocenters. The zero-order valence-electron chi connectivity index (χ0n) is 6.36. The molecule has 0 saturated carbocycles. The summed E-state index contributed by atoms with van der Waals surface area (Å²) in [5.41, 5.74) is 1.89. The highest BCUT2D eigenvalue weighted by Gasteiger charge is 2.03. The molecule has 2 aromatic rings. The Morgan fingerprint density at radius 1 is 1.58 bits per heavy atom. The summed E-state index contributed by atoms with van der Waals surface area (Å²) in [4.78, 5) is 4.12. The van der Waals surface area contributed by atoms with E-state index < -0.39 is 0 Å². The lowest BCUT2D eigenvalue weighted by Crippen LogP contribution is -1.84. The van der Waals surface area contributed by atoms with Gasteiger partial charge in [-0.25, -0.2) is 4.98 Å². The van der Waals surface area contributed by atoms with Crippen molar-refractivity contribution in [1.82, 2.24) is 14.8 Å². The predicted octanol–water partition coefficient (Wildman–Crippen LogP) is 2.20. The number of rotatable bonds is 1. The van der Waals surface area contributed by atoms with Gasteiger partial charge in [-0.05, 0) is 0 Å². The van der Waals surface area contributed by atoms with Gasteiger partial charge in [-0.1, -0.05) is 11.6 Å². The second-order valence-electron chi connectivity index (χ2n) is 2.39. The summed E-state index contributed by atoms with van der Waals surface area (Å²) in [7, 11) is 1.87. The maximum Gasteiger partial charge on any atom is 0.184 e. The van der Waals surface area contributed by atoms with E-state index in [4.69, 9.17) is 11.6 Å². The van der Waals surface area contributed by atoms with Gasteiger partial charge in [0.2, 0.25) is 0 Å². The molecule has 0 aliphatic carbocycles. The average Bonchev–Trinajstić information content (AvgIpc) is 2.58. The topological polar surface area (TPSA) is 30.7 Å². The minimum Gasteiger partial charge on any atom is -0.275 e. The minimum absolute atomic E-state index is 0.564. The summed E-state index contributed by atoms with van der Waals surface area (Å²) < 4.78 is 2.30. The fraction of sp³-hybridized carbons (Fsp3) is 0.143. The van der Waals surface area contributed by atoms with Gasteiger partial charge >= 0.3 is 0 Å². The zero-order valence-corrected chi connectivity index (χ0v) is 7.93. The molecule has 2 heterocycles. The number of halogens is 1. The van der Waals surface area contributed by atoms with Crippen LogP contribution in [0.4, 0.5) is 0 Å². The summed E-state index contributed by atoms with van der Waals surface area (Å²) in [6.45, 7) is 0. The van der Waals surface area contributed by atoms with Crippen LogP contribution >= 0.6 is 22.9 Å². The lowest BCUT2D eigenvalue weighted by molar-refractivity contribution is 0.768. The smallest absolute Gasteiger partial charge is 0.184 e. The van der Waals surface area contributed by atoms with Gasteiger partial charge in [-0.15, -0.1) is 11.3 Å². The predicted molar refractivity (Wildman–Crippen MR) is 49.3 cm³/mol. The van der Waals surface area contributed by atoms with E-state index in [1.54, 1.807) is 10.9 Å². The van der Waals surface area contributed by atoms with E-state index in [0.29, 0.717) is 4.47 Å². The number of thiazole rings is 1. The number of nitrogens with zero attached hydrogens (tertiary/aromatic N) is 3. The molecule has 12 heavy (non-hydrogen) atoms. The Morgan fingerprint density at radius 3 is 2.92 bits per heavy atom. The van der Waals surface area contributed by atoms with E-state index >= 15 is 0 Å². The fourth-order valence-electron chi connectivity index (χ4n) is 0.938. The molecule has 0 aliphatic heterocycles. The standard InChI is InChI=1S/C7H6ClN3S/c1-11-3-5(2-9-11)6-4-12-7(8)10-6/h2-4H,1H3. The molecule has 0 radical (unpaired) electrons. The van der Waals surface area contributed by atoms with E-state index in [9.17, 15) is 0 Å². The minimum atomic E-state index is 0.564. The third kappa shape index (κ3) is 1.35. The van der Waals surface area contributed by atoms with Crippen molar-refractivity contribution in [2.24, 2.45) is 7.05 Å². The number of hydrogen-bond acceptors (Lipinski definition) is 3. The van der Waals surface area contributed by atoms with Crippen LogP contribution in [-0.2, 0) is 7.05 Å². The van der Waals surface area contributed by atoms with Gasteiger partial charge in [0.05, 0.1) is 11.9 Å². The van der Waals surface area contributed by atoms with E-state index in [1.807, 2.05) is 18.6 Å². The molecule has 0 atom stereocenters. The summed E-state index contributed by atoms with van der Waals surface area (Å²) >= 11 is 7.12. The van der Waals surface area contributed by atoms with Crippen molar-refractivity contribution in [2.45, 2.75) is 0 Å². The summed E-state index contributed by atoms with van der Waals surface area (Å²) in [5, 5.41) is 5.96. The highest BCUT2D eigenvalue weighted by atomic mass is 35.5. The van der Waals surface area contributed by atoms with Crippen molar-refractivity contribution in [2.75, 3.05) is 0 Å². The Morgan fingerprint density at radius 2 is 2.42 bits per heavy atom. The van der Waals surface area contributed by atoms with Gasteiger partial charge in [-0.2, -0.15) is 5.10 Å². The van der Waals surface area contributed by atoms with Crippen LogP contribution in [0, 0.1) is 0 Å². The molecule has 62 valence electrons. The van der Waals surface area contributed by atoms with Crippen molar-refractivity contribution in [3.8, 4) is 11.3 Å². The molecular formula is C7H6ClN3S. The second-order valence-corrected chi connectivity index (χ2v) is 3.83. The lowest BCUT2D eigenvalue weighted by atomic mass is 10.3. The molecule has 2 rings (SSSR count). The van der Waals surface area contributed by atoms with E-state index in [0.717, 1.165) is 11.3 Å². The number of hydrogen-bond donors (Lipinski definition) is 0. The third-order valence-corrected chi connectivity index (χ3v) is 2.46. The van der Waals surface area contributed by atoms with E-state index in [2.05, 4.69) is 10.1 Å². The van der Waals surface area contributed by atoms with Gasteiger partial charge < -0.3 is 0 Å². The van der Waals surface area contributed by atoms with Crippen LogP contribution < -0.4 is 0 Å².